The number of benzene rings is 2. The van der Waals surface area contributed by atoms with Gasteiger partial charge in [-0.1, -0.05) is 18.2 Å². The van der Waals surface area contributed by atoms with Gasteiger partial charge in [-0.25, -0.2) is 13.4 Å². The lowest BCUT2D eigenvalue weighted by atomic mass is 9.97. The fraction of sp³-hybridized carbons (Fsp3) is 0.300. The van der Waals surface area contributed by atoms with Gasteiger partial charge in [-0.15, -0.1) is 0 Å². The average molecular weight is 560 g/mol. The molecule has 40 heavy (non-hydrogen) atoms. The van der Waals surface area contributed by atoms with Crippen LogP contribution >= 0.6 is 0 Å². The Morgan fingerprint density at radius 2 is 2.02 bits per heavy atom. The number of hydrogen-bond donors (Lipinski definition) is 1. The van der Waals surface area contributed by atoms with E-state index in [0.29, 0.717) is 24.5 Å². The maximum atomic E-state index is 12.9. The average Bonchev–Trinajstić information content (AvgIpc) is 3.12. The first-order chi connectivity index (χ1) is 19.4. The van der Waals surface area contributed by atoms with Crippen molar-refractivity contribution in [1.82, 2.24) is 15.3 Å². The van der Waals surface area contributed by atoms with Gasteiger partial charge < -0.3 is 19.5 Å². The molecule has 2 aromatic carbocycles. The minimum atomic E-state index is -3.51. The monoisotopic (exact) mass is 559 g/mol. The Labute approximate surface area is 232 Å². The molecule has 0 saturated carbocycles. The molecule has 1 N–H and O–H groups in total. The van der Waals surface area contributed by atoms with E-state index in [0.717, 1.165) is 39.9 Å². The van der Waals surface area contributed by atoms with Gasteiger partial charge >= 0.3 is 0 Å². The number of rotatable bonds is 6. The van der Waals surface area contributed by atoms with E-state index < -0.39 is 9.84 Å². The van der Waals surface area contributed by atoms with E-state index in [-0.39, 0.29) is 48.0 Å². The standard InChI is InChI=1S/C30H29N3O6S/c1-2-38-27-10-11-39-29-23(4-3-5-24(27)29)25-9-8-20-16-31-22(15-26(20)33-25)17-32-30(34)19-6-7-21-18-37-12-13-40(35,36)28(21)14-19/h3-9,14-16,27H,2,10-13,17-18H2,1H3,(H,32,34)/t27-/m1/s1. The molecule has 0 aliphatic carbocycles. The van der Waals surface area contributed by atoms with Crippen molar-refractivity contribution in [2.45, 2.75) is 37.5 Å². The molecule has 2 aliphatic rings. The van der Waals surface area contributed by atoms with Gasteiger partial charge in [0.15, 0.2) is 9.84 Å². The SMILES string of the molecule is CCO[C@@H]1CCOc2c(-c3ccc4cnc(CNC(=O)c5ccc6c(c5)S(=O)(=O)CCOC6)cc4n3)cccc21. The summed E-state index contributed by atoms with van der Waals surface area (Å²) in [4.78, 5) is 22.4. The summed E-state index contributed by atoms with van der Waals surface area (Å²) in [6.45, 7) is 3.71. The molecule has 6 rings (SSSR count). The first kappa shape index (κ1) is 26.4. The third-order valence-corrected chi connectivity index (χ3v) is 8.90. The Morgan fingerprint density at radius 3 is 2.90 bits per heavy atom. The molecule has 0 saturated heterocycles. The van der Waals surface area contributed by atoms with Gasteiger partial charge in [0.05, 0.1) is 60.0 Å². The number of fused-ring (bicyclic) bond motifs is 3. The number of nitrogens with one attached hydrogen (secondary N) is 1. The number of nitrogens with zero attached hydrogens (tertiary/aromatic N) is 2. The third-order valence-electron chi connectivity index (χ3n) is 7.14. The lowest BCUT2D eigenvalue weighted by molar-refractivity contribution is 0.0320. The Morgan fingerprint density at radius 1 is 1.12 bits per heavy atom. The summed E-state index contributed by atoms with van der Waals surface area (Å²) < 4.78 is 42.5. The number of hydrogen-bond acceptors (Lipinski definition) is 8. The van der Waals surface area contributed by atoms with Crippen LogP contribution in [0.3, 0.4) is 0 Å². The first-order valence-electron chi connectivity index (χ1n) is 13.3. The molecule has 2 aromatic heterocycles. The van der Waals surface area contributed by atoms with Crippen LogP contribution in [-0.4, -0.2) is 49.9 Å². The largest absolute Gasteiger partial charge is 0.492 e. The molecule has 1 amide bonds. The molecule has 4 aromatic rings. The summed E-state index contributed by atoms with van der Waals surface area (Å²) in [5.41, 5.74) is 4.91. The lowest BCUT2D eigenvalue weighted by Crippen LogP contribution is -2.23. The van der Waals surface area contributed by atoms with Gasteiger partial charge in [0.25, 0.3) is 5.91 Å². The molecule has 9 nitrogen and oxygen atoms in total. The molecular weight excluding hydrogens is 530 g/mol. The second-order valence-electron chi connectivity index (χ2n) is 9.75. The fourth-order valence-corrected chi connectivity index (χ4v) is 6.50. The smallest absolute Gasteiger partial charge is 0.251 e. The second kappa shape index (κ2) is 11.0. The normalized spacial score (nSPS) is 17.8. The van der Waals surface area contributed by atoms with Gasteiger partial charge in [-0.2, -0.15) is 0 Å². The summed E-state index contributed by atoms with van der Waals surface area (Å²) in [7, 11) is -3.51. The number of para-hydroxylation sites is 1. The van der Waals surface area contributed by atoms with Crippen molar-refractivity contribution in [1.29, 1.82) is 0 Å². The predicted octanol–water partition coefficient (Wildman–Crippen LogP) is 4.39. The summed E-state index contributed by atoms with van der Waals surface area (Å²) in [5.74, 6) is 0.310. The quantitative estimate of drug-likeness (QED) is 0.370. The number of carbonyl (C=O) groups excluding carboxylic acids is 1. The Bertz CT molecular complexity index is 1710. The van der Waals surface area contributed by atoms with Crippen LogP contribution in [-0.2, 0) is 32.5 Å². The topological polar surface area (TPSA) is 117 Å². The Kier molecular flexibility index (Phi) is 7.22. The number of carbonyl (C=O) groups is 1. The molecule has 10 heteroatoms. The van der Waals surface area contributed by atoms with Crippen LogP contribution < -0.4 is 10.1 Å². The fourth-order valence-electron chi connectivity index (χ4n) is 5.11. The molecule has 0 radical (unpaired) electrons. The minimum absolute atomic E-state index is 0.00146. The Hall–Kier alpha value is -3.86. The zero-order valence-corrected chi connectivity index (χ0v) is 22.9. The van der Waals surface area contributed by atoms with Gasteiger partial charge in [0.2, 0.25) is 0 Å². The highest BCUT2D eigenvalue weighted by atomic mass is 32.2. The van der Waals surface area contributed by atoms with Gasteiger partial charge in [0.1, 0.15) is 5.75 Å². The van der Waals surface area contributed by atoms with Gasteiger partial charge in [-0.3, -0.25) is 9.78 Å². The highest BCUT2D eigenvalue weighted by Gasteiger charge is 2.26. The van der Waals surface area contributed by atoms with E-state index >= 15 is 0 Å². The zero-order chi connectivity index (χ0) is 27.7. The first-order valence-corrected chi connectivity index (χ1v) is 14.9. The second-order valence-corrected chi connectivity index (χ2v) is 11.8. The van der Waals surface area contributed by atoms with E-state index in [4.69, 9.17) is 19.2 Å². The number of sulfone groups is 1. The van der Waals surface area contributed by atoms with Crippen molar-refractivity contribution in [3.8, 4) is 17.0 Å². The molecule has 0 unspecified atom stereocenters. The van der Waals surface area contributed by atoms with E-state index in [2.05, 4.69) is 10.3 Å². The molecule has 2 aliphatic heterocycles. The van der Waals surface area contributed by atoms with Gasteiger partial charge in [-0.05, 0) is 48.9 Å². The van der Waals surface area contributed by atoms with Crippen molar-refractivity contribution in [3.63, 3.8) is 0 Å². The van der Waals surface area contributed by atoms with Crippen molar-refractivity contribution in [2.24, 2.45) is 0 Å². The molecule has 206 valence electrons. The van der Waals surface area contributed by atoms with Crippen molar-refractivity contribution in [3.05, 3.63) is 83.2 Å². The van der Waals surface area contributed by atoms with E-state index in [1.807, 2.05) is 43.3 Å². The number of ether oxygens (including phenoxy) is 3. The maximum absolute atomic E-state index is 12.9. The van der Waals surface area contributed by atoms with E-state index in [1.165, 1.54) is 6.07 Å². The summed E-state index contributed by atoms with van der Waals surface area (Å²) in [6, 6.07) is 16.5. The molecule has 0 spiro atoms. The van der Waals surface area contributed by atoms with Crippen LogP contribution in [0.5, 0.6) is 5.75 Å². The molecule has 1 atom stereocenters. The maximum Gasteiger partial charge on any atom is 0.251 e. The van der Waals surface area contributed by atoms with E-state index in [1.54, 1.807) is 18.3 Å². The molecule has 4 heterocycles. The molecule has 0 bridgehead atoms. The van der Waals surface area contributed by atoms with Crippen LogP contribution in [0.4, 0.5) is 0 Å². The third kappa shape index (κ3) is 5.17. The lowest BCUT2D eigenvalue weighted by Gasteiger charge is -2.27. The number of pyridine rings is 2. The minimum Gasteiger partial charge on any atom is -0.492 e. The van der Waals surface area contributed by atoms with Crippen LogP contribution in [0.15, 0.2) is 65.7 Å². The van der Waals surface area contributed by atoms with Crippen LogP contribution in [0.1, 0.15) is 46.6 Å². The van der Waals surface area contributed by atoms with Gasteiger partial charge in [0, 0.05) is 41.3 Å². The highest BCUT2D eigenvalue weighted by molar-refractivity contribution is 7.91. The van der Waals surface area contributed by atoms with E-state index in [9.17, 15) is 13.2 Å². The van der Waals surface area contributed by atoms with Crippen molar-refractivity contribution >= 4 is 26.6 Å². The zero-order valence-electron chi connectivity index (χ0n) is 22.1. The van der Waals surface area contributed by atoms with Crippen LogP contribution in [0.25, 0.3) is 22.2 Å². The predicted molar refractivity (Wildman–Crippen MR) is 149 cm³/mol. The number of amides is 1. The Balaban J connectivity index is 1.23. The van der Waals surface area contributed by atoms with Crippen LogP contribution in [0, 0.1) is 0 Å². The van der Waals surface area contributed by atoms with Crippen LogP contribution in [0.2, 0.25) is 0 Å². The molecular formula is C30H29N3O6S. The summed E-state index contributed by atoms with van der Waals surface area (Å²) in [5, 5.41) is 3.71. The van der Waals surface area contributed by atoms with Crippen molar-refractivity contribution < 1.29 is 27.4 Å². The highest BCUT2D eigenvalue weighted by Crippen LogP contribution is 2.41. The molecule has 0 fully saturated rings. The summed E-state index contributed by atoms with van der Waals surface area (Å²) >= 11 is 0. The number of aromatic nitrogens is 2. The van der Waals surface area contributed by atoms with Crippen molar-refractivity contribution in [2.75, 3.05) is 25.6 Å². The summed E-state index contributed by atoms with van der Waals surface area (Å²) in [6.07, 6.45) is 2.54.